The predicted molar refractivity (Wildman–Crippen MR) is 106 cm³/mol. The van der Waals surface area contributed by atoms with Gasteiger partial charge in [-0.1, -0.05) is 44.0 Å². The molecule has 1 N–H and O–H groups in total. The zero-order chi connectivity index (χ0) is 19.1. The van der Waals surface area contributed by atoms with Crippen LogP contribution in [0.25, 0.3) is 0 Å². The molecular formula is C24H29O3Y-. The van der Waals surface area contributed by atoms with Gasteiger partial charge in [0.25, 0.3) is 0 Å². The Hall–Kier alpha value is -0.866. The largest absolute Gasteiger partial charge is 0.389 e. The Morgan fingerprint density at radius 2 is 2.04 bits per heavy atom. The fourth-order valence-corrected chi connectivity index (χ4v) is 3.89. The fourth-order valence-electron chi connectivity index (χ4n) is 3.89. The van der Waals surface area contributed by atoms with E-state index in [1.54, 1.807) is 0 Å². The molecule has 3 nitrogen and oxygen atoms in total. The zero-order valence-corrected chi connectivity index (χ0v) is 19.5. The molecule has 3 rings (SSSR count). The second-order valence-corrected chi connectivity index (χ2v) is 7.49. The zero-order valence-electron chi connectivity index (χ0n) is 16.6. The molecule has 0 saturated heterocycles. The number of carbonyl (C=O) groups is 1. The number of benzene rings is 2. The number of aliphatic hydroxyl groups excluding tert-OH is 1. The second kappa shape index (κ2) is 12.0. The molecule has 1 fully saturated rings. The van der Waals surface area contributed by atoms with Gasteiger partial charge in [0.15, 0.2) is 0 Å². The standard InChI is InChI=1S/C24H29O3.Y/c1-2-3-9-22(25)19-10-12-20(13-11-19)24-21(14-15-23(24)26)17-27-16-18-7-5-4-6-8-18;/h4-5,7-8,10-13,21-22,24-25H,2-3,9,14-17H2,1H3;/q-1;. The first-order chi connectivity index (χ1) is 13.2. The number of hydrogen-bond acceptors (Lipinski definition) is 3. The molecule has 0 heterocycles. The smallest absolute Gasteiger partial charge is 0.140 e. The molecule has 1 saturated carbocycles. The molecule has 1 aliphatic rings. The predicted octanol–water partition coefficient (Wildman–Crippen LogP) is 4.99. The van der Waals surface area contributed by atoms with Gasteiger partial charge in [-0.25, -0.2) is 0 Å². The Labute approximate surface area is 193 Å². The van der Waals surface area contributed by atoms with Crippen molar-refractivity contribution in [2.24, 2.45) is 5.92 Å². The van der Waals surface area contributed by atoms with Gasteiger partial charge >= 0.3 is 0 Å². The molecule has 3 unspecified atom stereocenters. The first kappa shape index (κ1) is 23.4. The molecule has 1 radical (unpaired) electrons. The monoisotopic (exact) mass is 454 g/mol. The third-order valence-corrected chi connectivity index (χ3v) is 5.46. The number of ketones is 1. The third-order valence-electron chi connectivity index (χ3n) is 5.46. The van der Waals surface area contributed by atoms with Crippen LogP contribution < -0.4 is 0 Å². The van der Waals surface area contributed by atoms with E-state index in [4.69, 9.17) is 4.74 Å². The van der Waals surface area contributed by atoms with Crippen molar-refractivity contribution in [2.75, 3.05) is 6.61 Å². The second-order valence-electron chi connectivity index (χ2n) is 7.49. The molecule has 0 amide bonds. The average Bonchev–Trinajstić information content (AvgIpc) is 3.07. The van der Waals surface area contributed by atoms with Gasteiger partial charge in [-0.05, 0) is 29.9 Å². The SMILES string of the molecule is CCCCC(O)c1ccc(C2C(=O)CCC2COCc2c[c-]ccc2)cc1.[Y]. The summed E-state index contributed by atoms with van der Waals surface area (Å²) in [6, 6.07) is 18.8. The molecule has 0 spiro atoms. The maximum Gasteiger partial charge on any atom is 0.140 e. The van der Waals surface area contributed by atoms with Crippen LogP contribution in [0.1, 0.15) is 67.7 Å². The topological polar surface area (TPSA) is 46.5 Å². The quantitative estimate of drug-likeness (QED) is 0.544. The Bertz CT molecular complexity index is 714. The van der Waals surface area contributed by atoms with Crippen LogP contribution in [-0.2, 0) is 48.8 Å². The van der Waals surface area contributed by atoms with E-state index in [-0.39, 0.29) is 44.5 Å². The summed E-state index contributed by atoms with van der Waals surface area (Å²) in [6.07, 6.45) is 3.96. The van der Waals surface area contributed by atoms with Crippen LogP contribution in [0, 0.1) is 12.0 Å². The molecule has 28 heavy (non-hydrogen) atoms. The maximum atomic E-state index is 12.5. The number of Topliss-reactive ketones (excluding diaryl/α,β-unsaturated/α-hetero) is 1. The molecule has 0 aromatic heterocycles. The summed E-state index contributed by atoms with van der Waals surface area (Å²) in [5.41, 5.74) is 3.08. The van der Waals surface area contributed by atoms with Crippen molar-refractivity contribution >= 4 is 5.78 Å². The summed E-state index contributed by atoms with van der Waals surface area (Å²) >= 11 is 0. The van der Waals surface area contributed by atoms with E-state index >= 15 is 0 Å². The molecule has 4 heteroatoms. The van der Waals surface area contributed by atoms with Gasteiger partial charge in [-0.2, -0.15) is 30.3 Å². The van der Waals surface area contributed by atoms with Crippen molar-refractivity contribution in [1.82, 2.24) is 0 Å². The van der Waals surface area contributed by atoms with Crippen molar-refractivity contribution in [3.63, 3.8) is 0 Å². The molecule has 1 aliphatic carbocycles. The van der Waals surface area contributed by atoms with Gasteiger partial charge in [0.05, 0.1) is 6.10 Å². The summed E-state index contributed by atoms with van der Waals surface area (Å²) in [5, 5.41) is 10.2. The Balaban J connectivity index is 0.00000280. The minimum Gasteiger partial charge on any atom is -0.389 e. The van der Waals surface area contributed by atoms with Gasteiger partial charge in [-0.3, -0.25) is 4.79 Å². The summed E-state index contributed by atoms with van der Waals surface area (Å²) in [4.78, 5) is 12.5. The Morgan fingerprint density at radius 3 is 2.71 bits per heavy atom. The average molecular weight is 454 g/mol. The molecule has 147 valence electrons. The van der Waals surface area contributed by atoms with Crippen molar-refractivity contribution in [3.8, 4) is 0 Å². The Morgan fingerprint density at radius 1 is 1.25 bits per heavy atom. The number of carbonyl (C=O) groups excluding carboxylic acids is 1. The molecule has 3 atom stereocenters. The van der Waals surface area contributed by atoms with Crippen LogP contribution in [0.3, 0.4) is 0 Å². The first-order valence-electron chi connectivity index (χ1n) is 10.0. The van der Waals surface area contributed by atoms with Gasteiger partial charge in [-0.15, -0.1) is 5.56 Å². The van der Waals surface area contributed by atoms with E-state index in [1.165, 1.54) is 0 Å². The number of aliphatic hydroxyl groups is 1. The normalized spacial score (nSPS) is 20.0. The van der Waals surface area contributed by atoms with E-state index in [2.05, 4.69) is 13.0 Å². The third kappa shape index (κ3) is 6.32. The first-order valence-corrected chi connectivity index (χ1v) is 10.0. The Kier molecular flexibility index (Phi) is 10.0. The number of hydrogen-bond donors (Lipinski definition) is 1. The minimum atomic E-state index is -0.417. The van der Waals surface area contributed by atoms with Crippen LogP contribution in [0.5, 0.6) is 0 Å². The van der Waals surface area contributed by atoms with Gasteiger partial charge in [0.1, 0.15) is 5.78 Å². The summed E-state index contributed by atoms with van der Waals surface area (Å²) in [5.74, 6) is 0.436. The van der Waals surface area contributed by atoms with Crippen LogP contribution in [0.4, 0.5) is 0 Å². The van der Waals surface area contributed by atoms with E-state index < -0.39 is 6.10 Å². The fraction of sp³-hybridized carbons (Fsp3) is 0.458. The van der Waals surface area contributed by atoms with E-state index in [0.29, 0.717) is 25.4 Å². The van der Waals surface area contributed by atoms with Gasteiger partial charge in [0.2, 0.25) is 0 Å². The summed E-state index contributed by atoms with van der Waals surface area (Å²) in [6.45, 7) is 3.27. The van der Waals surface area contributed by atoms with Crippen molar-refractivity contribution < 1.29 is 47.3 Å². The van der Waals surface area contributed by atoms with Crippen molar-refractivity contribution in [1.29, 1.82) is 0 Å². The summed E-state index contributed by atoms with van der Waals surface area (Å²) < 4.78 is 5.90. The molecule has 2 aromatic rings. The van der Waals surface area contributed by atoms with Crippen molar-refractivity contribution in [3.05, 3.63) is 71.3 Å². The number of rotatable bonds is 9. The van der Waals surface area contributed by atoms with Crippen LogP contribution in [-0.4, -0.2) is 17.5 Å². The maximum absolute atomic E-state index is 12.5. The van der Waals surface area contributed by atoms with E-state index in [1.807, 2.05) is 48.5 Å². The minimum absolute atomic E-state index is 0. The van der Waals surface area contributed by atoms with E-state index in [0.717, 1.165) is 42.4 Å². The molecule has 0 aliphatic heterocycles. The van der Waals surface area contributed by atoms with Crippen LogP contribution >= 0.6 is 0 Å². The molecular weight excluding hydrogens is 425 g/mol. The molecule has 0 bridgehead atoms. The van der Waals surface area contributed by atoms with Gasteiger partial charge < -0.3 is 9.84 Å². The summed E-state index contributed by atoms with van der Waals surface area (Å²) in [7, 11) is 0. The van der Waals surface area contributed by atoms with Crippen molar-refractivity contribution in [2.45, 2.75) is 57.7 Å². The van der Waals surface area contributed by atoms with Gasteiger partial charge in [0, 0.05) is 58.3 Å². The van der Waals surface area contributed by atoms with E-state index in [9.17, 15) is 9.90 Å². The van der Waals surface area contributed by atoms with Crippen LogP contribution in [0.15, 0.2) is 48.5 Å². The number of ether oxygens (including phenoxy) is 1. The van der Waals surface area contributed by atoms with Crippen LogP contribution in [0.2, 0.25) is 0 Å². The number of unbranched alkanes of at least 4 members (excludes halogenated alkanes) is 1. The molecule has 2 aromatic carbocycles.